The quantitative estimate of drug-likeness (QED) is 0.399. The Morgan fingerprint density at radius 3 is 2.53 bits per heavy atom. The summed E-state index contributed by atoms with van der Waals surface area (Å²) in [5, 5.41) is 10.6. The molecule has 1 aromatic rings. The molecule has 4 rings (SSSR count). The number of aliphatic hydroxyl groups excluding tert-OH is 1. The van der Waals surface area contributed by atoms with E-state index >= 15 is 0 Å². The minimum absolute atomic E-state index is 0.0663. The summed E-state index contributed by atoms with van der Waals surface area (Å²) < 4.78 is 32.0. The maximum atomic E-state index is 14.7. The number of halogens is 1. The van der Waals surface area contributed by atoms with E-state index in [1.807, 2.05) is 45.1 Å². The number of amides is 1. The number of likely N-dealkylation sites (N-methyl/N-ethyl adjacent to an activating group) is 1. The van der Waals surface area contributed by atoms with Crippen LogP contribution in [0.25, 0.3) is 6.08 Å². The molecule has 1 aromatic carbocycles. The average Bonchev–Trinajstić information content (AvgIpc) is 2.97. The second-order valence-electron chi connectivity index (χ2n) is 12.4. The Morgan fingerprint density at radius 1 is 1.07 bits per heavy atom. The fourth-order valence-electron chi connectivity index (χ4n) is 5.88. The summed E-state index contributed by atoms with van der Waals surface area (Å²) in [7, 11) is 2.05. The van der Waals surface area contributed by atoms with Crippen molar-refractivity contribution in [2.24, 2.45) is 11.8 Å². The molecule has 43 heavy (non-hydrogen) atoms. The summed E-state index contributed by atoms with van der Waals surface area (Å²) in [5.41, 5.74) is 2.19. The first-order chi connectivity index (χ1) is 20.5. The molecule has 0 bridgehead atoms. The van der Waals surface area contributed by atoms with Gasteiger partial charge in [-0.2, -0.15) is 0 Å². The molecule has 0 unspecified atom stereocenters. The van der Waals surface area contributed by atoms with E-state index < -0.39 is 24.3 Å². The van der Waals surface area contributed by atoms with E-state index in [1.54, 1.807) is 4.90 Å². The van der Waals surface area contributed by atoms with Crippen LogP contribution in [-0.4, -0.2) is 104 Å². The molecule has 3 aliphatic rings. The summed E-state index contributed by atoms with van der Waals surface area (Å²) >= 11 is 0. The zero-order valence-corrected chi connectivity index (χ0v) is 26.2. The van der Waals surface area contributed by atoms with Gasteiger partial charge in [-0.3, -0.25) is 4.79 Å². The van der Waals surface area contributed by atoms with Crippen molar-refractivity contribution in [2.45, 2.75) is 71.3 Å². The van der Waals surface area contributed by atoms with Crippen LogP contribution in [0.3, 0.4) is 0 Å². The van der Waals surface area contributed by atoms with E-state index in [2.05, 4.69) is 23.8 Å². The summed E-state index contributed by atoms with van der Waals surface area (Å²) in [5.74, 6) is -1.17. The molecule has 2 fully saturated rings. The van der Waals surface area contributed by atoms with Crippen molar-refractivity contribution in [3.63, 3.8) is 0 Å². The molecule has 6 atom stereocenters. The Labute approximate surface area is 255 Å². The zero-order valence-electron chi connectivity index (χ0n) is 26.2. The summed E-state index contributed by atoms with van der Waals surface area (Å²) in [6, 6.07) is 5.15. The first kappa shape index (κ1) is 33.0. The topological polar surface area (TPSA) is 91.8 Å². The van der Waals surface area contributed by atoms with Crippen LogP contribution in [0.15, 0.2) is 35.9 Å². The van der Waals surface area contributed by atoms with Crippen molar-refractivity contribution >= 4 is 23.8 Å². The first-order valence-electron chi connectivity index (χ1n) is 15.5. The number of morpholine rings is 1. The molecule has 0 radical (unpaired) electrons. The van der Waals surface area contributed by atoms with Crippen LogP contribution in [-0.2, 0) is 19.0 Å². The van der Waals surface area contributed by atoms with Gasteiger partial charge in [-0.05, 0) is 75.1 Å². The van der Waals surface area contributed by atoms with E-state index in [0.29, 0.717) is 57.8 Å². The Bertz CT molecular complexity index is 1170. The number of aliphatic hydroxyl groups is 1. The number of esters is 1. The number of carbonyl (C=O) groups is 2. The van der Waals surface area contributed by atoms with Gasteiger partial charge in [0.2, 0.25) is 0 Å². The van der Waals surface area contributed by atoms with Crippen LogP contribution in [0.5, 0.6) is 0 Å². The third kappa shape index (κ3) is 9.27. The van der Waals surface area contributed by atoms with Gasteiger partial charge >= 0.3 is 12.1 Å². The third-order valence-electron chi connectivity index (χ3n) is 8.84. The minimum atomic E-state index is -0.868. The lowest BCUT2D eigenvalue weighted by molar-refractivity contribution is -0.151. The predicted molar refractivity (Wildman–Crippen MR) is 164 cm³/mol. The number of hydrogen-bond acceptors (Lipinski definition) is 8. The lowest BCUT2D eigenvalue weighted by Gasteiger charge is -2.38. The second kappa shape index (κ2) is 15.2. The van der Waals surface area contributed by atoms with E-state index in [9.17, 15) is 19.1 Å². The average molecular weight is 602 g/mol. The molecule has 3 heterocycles. The van der Waals surface area contributed by atoms with Crippen LogP contribution in [0.4, 0.5) is 14.9 Å². The normalized spacial score (nSPS) is 31.0. The number of piperazine rings is 1. The number of benzene rings is 1. The Morgan fingerprint density at radius 2 is 1.81 bits per heavy atom. The maximum Gasteiger partial charge on any atom is 0.410 e. The lowest BCUT2D eigenvalue weighted by atomic mass is 9.91. The van der Waals surface area contributed by atoms with E-state index in [0.717, 1.165) is 17.8 Å². The molecule has 9 nitrogen and oxygen atoms in total. The number of anilines is 1. The Balaban J connectivity index is 1.56. The summed E-state index contributed by atoms with van der Waals surface area (Å²) in [6.45, 7) is 12.4. The summed E-state index contributed by atoms with van der Waals surface area (Å²) in [4.78, 5) is 32.1. The second-order valence-corrected chi connectivity index (χ2v) is 12.4. The summed E-state index contributed by atoms with van der Waals surface area (Å²) in [6.07, 6.45) is 4.11. The molecular formula is C33H48FN3O6. The Kier molecular flexibility index (Phi) is 11.6. The number of cyclic esters (lactones) is 1. The van der Waals surface area contributed by atoms with Gasteiger partial charge < -0.3 is 34.0 Å². The van der Waals surface area contributed by atoms with Crippen molar-refractivity contribution in [1.82, 2.24) is 9.80 Å². The van der Waals surface area contributed by atoms with Gasteiger partial charge in [-0.1, -0.05) is 26.0 Å². The smallest absolute Gasteiger partial charge is 0.410 e. The molecular weight excluding hydrogens is 553 g/mol. The zero-order chi connectivity index (χ0) is 31.1. The molecule has 0 aliphatic carbocycles. The van der Waals surface area contributed by atoms with Crippen LogP contribution in [0, 0.1) is 17.7 Å². The van der Waals surface area contributed by atoms with Gasteiger partial charge in [0, 0.05) is 50.4 Å². The molecule has 1 N–H and O–H groups in total. The molecule has 3 aliphatic heterocycles. The number of nitrogens with zero attached hydrogens (tertiary/aromatic N) is 3. The van der Waals surface area contributed by atoms with Crippen molar-refractivity contribution < 1.29 is 33.3 Å². The number of ether oxygens (including phenoxy) is 3. The van der Waals surface area contributed by atoms with Crippen LogP contribution >= 0.6 is 0 Å². The molecule has 1 amide bonds. The maximum absolute atomic E-state index is 14.7. The number of carbonyl (C=O) groups excluding carboxylic acids is 2. The highest BCUT2D eigenvalue weighted by molar-refractivity contribution is 5.71. The van der Waals surface area contributed by atoms with Crippen LogP contribution < -0.4 is 4.90 Å². The highest BCUT2D eigenvalue weighted by Crippen LogP contribution is 2.27. The predicted octanol–water partition coefficient (Wildman–Crippen LogP) is 4.49. The van der Waals surface area contributed by atoms with Gasteiger partial charge in [0.1, 0.15) is 18.0 Å². The Hall–Kier alpha value is -2.95. The molecule has 0 saturated carbocycles. The molecule has 0 spiro atoms. The van der Waals surface area contributed by atoms with Crippen molar-refractivity contribution in [3.05, 3.63) is 47.3 Å². The SMILES string of the molecule is C/C(=C\c1cc(F)cc(N2CCOCC2)c1)[C@@H]1OC(=O)C[C@@H](O)CC[C@H](C)[C@@H](OC(=O)N2CCN(C)[C@@H](C)C2)/C=C\[C@H]1C. The van der Waals surface area contributed by atoms with E-state index in [4.69, 9.17) is 14.2 Å². The fourth-order valence-corrected chi connectivity index (χ4v) is 5.88. The largest absolute Gasteiger partial charge is 0.457 e. The van der Waals surface area contributed by atoms with Gasteiger partial charge in [0.15, 0.2) is 0 Å². The number of rotatable bonds is 4. The van der Waals surface area contributed by atoms with E-state index in [1.165, 1.54) is 12.1 Å². The van der Waals surface area contributed by atoms with Gasteiger partial charge in [-0.25, -0.2) is 9.18 Å². The first-order valence-corrected chi connectivity index (χ1v) is 15.5. The van der Waals surface area contributed by atoms with Crippen molar-refractivity contribution in [2.75, 3.05) is 57.9 Å². The van der Waals surface area contributed by atoms with Gasteiger partial charge in [-0.15, -0.1) is 0 Å². The molecule has 0 aromatic heterocycles. The van der Waals surface area contributed by atoms with E-state index in [-0.39, 0.29) is 36.2 Å². The van der Waals surface area contributed by atoms with Gasteiger partial charge in [0.05, 0.1) is 25.7 Å². The third-order valence-corrected chi connectivity index (χ3v) is 8.84. The van der Waals surface area contributed by atoms with Crippen LogP contribution in [0.2, 0.25) is 0 Å². The highest BCUT2D eigenvalue weighted by Gasteiger charge is 2.30. The highest BCUT2D eigenvalue weighted by atomic mass is 19.1. The minimum Gasteiger partial charge on any atom is -0.457 e. The van der Waals surface area contributed by atoms with Crippen molar-refractivity contribution in [3.8, 4) is 0 Å². The molecule has 238 valence electrons. The molecule has 2 saturated heterocycles. The number of hydrogen-bond donors (Lipinski definition) is 1. The van der Waals surface area contributed by atoms with Crippen molar-refractivity contribution in [1.29, 1.82) is 0 Å². The molecule has 10 heteroatoms. The van der Waals surface area contributed by atoms with Crippen LogP contribution in [0.1, 0.15) is 52.5 Å². The fraction of sp³-hybridized carbons (Fsp3) is 0.636. The monoisotopic (exact) mass is 601 g/mol. The standard InChI is InChI=1S/C33H48FN3O6/c1-22-6-8-29(38)20-31(39)43-32(23(2)7-9-30(22)42-33(40)37-11-10-35(5)25(4)21-37)24(3)16-26-17-27(34)19-28(18-26)36-12-14-41-15-13-36/h7,9,16-19,22-23,25,29-30,32,38H,6,8,10-15,20-21H2,1-5H3/b9-7-,24-16+/t22-,23+,25-,29-,30-,32+/m0/s1. The lowest BCUT2D eigenvalue weighted by Crippen LogP contribution is -2.52. The van der Waals surface area contributed by atoms with Gasteiger partial charge in [0.25, 0.3) is 0 Å².